The molecule has 2 aromatic heterocycles. The summed E-state index contributed by atoms with van der Waals surface area (Å²) in [6, 6.07) is 4.16. The van der Waals surface area contributed by atoms with Crippen molar-refractivity contribution in [3.8, 4) is 0 Å². The normalized spacial score (nSPS) is 17.1. The van der Waals surface area contributed by atoms with Crippen LogP contribution < -0.4 is 5.32 Å². The molecular weight excluding hydrogens is 364 g/mol. The Labute approximate surface area is 164 Å². The van der Waals surface area contributed by atoms with Gasteiger partial charge >= 0.3 is 0 Å². The summed E-state index contributed by atoms with van der Waals surface area (Å²) in [5.74, 6) is 0.126. The molecule has 1 aliphatic heterocycles. The van der Waals surface area contributed by atoms with Gasteiger partial charge in [0.15, 0.2) is 0 Å². The molecule has 1 fully saturated rings. The number of carbonyl (C=O) groups excluding carboxylic acids is 1. The van der Waals surface area contributed by atoms with Crippen molar-refractivity contribution in [2.24, 2.45) is 7.05 Å². The zero-order chi connectivity index (χ0) is 18.3. The lowest BCUT2D eigenvalue weighted by Crippen LogP contribution is -2.49. The first-order chi connectivity index (χ1) is 12.5. The Kier molecular flexibility index (Phi) is 5.58. The molecule has 0 radical (unpaired) electrons. The smallest absolute Gasteiger partial charge is 0.227 e. The summed E-state index contributed by atoms with van der Waals surface area (Å²) in [6.07, 6.45) is 5.91. The topological polar surface area (TPSA) is 63.3 Å². The van der Waals surface area contributed by atoms with E-state index in [1.165, 1.54) is 5.56 Å². The summed E-state index contributed by atoms with van der Waals surface area (Å²) in [7, 11) is 1.90. The quantitative estimate of drug-likeness (QED) is 0.749. The van der Waals surface area contributed by atoms with Crippen molar-refractivity contribution in [1.29, 1.82) is 0 Å². The first-order valence-electron chi connectivity index (χ1n) is 8.99. The Morgan fingerprint density at radius 1 is 1.37 bits per heavy atom. The lowest BCUT2D eigenvalue weighted by atomic mass is 10.0. The maximum Gasteiger partial charge on any atom is 0.227 e. The number of furan rings is 1. The molecule has 1 atom stereocenters. The fraction of sp³-hybridized carbons (Fsp3) is 0.400. The summed E-state index contributed by atoms with van der Waals surface area (Å²) in [4.78, 5) is 15.0. The van der Waals surface area contributed by atoms with Crippen LogP contribution >= 0.6 is 12.4 Å². The van der Waals surface area contributed by atoms with Crippen molar-refractivity contribution in [2.45, 2.75) is 26.3 Å². The Bertz CT molecular complexity index is 962. The summed E-state index contributed by atoms with van der Waals surface area (Å²) in [5.41, 5.74) is 5.24. The van der Waals surface area contributed by atoms with Gasteiger partial charge in [0.05, 0.1) is 24.9 Å². The number of aromatic nitrogens is 2. The second-order valence-electron chi connectivity index (χ2n) is 7.08. The molecule has 4 rings (SSSR count). The lowest BCUT2D eigenvalue weighted by molar-refractivity contribution is -0.133. The summed E-state index contributed by atoms with van der Waals surface area (Å²) in [6.45, 7) is 6.39. The third-order valence-electron chi connectivity index (χ3n) is 5.36. The molecule has 1 aromatic carbocycles. The zero-order valence-corrected chi connectivity index (χ0v) is 16.7. The molecule has 6 nitrogen and oxygen atoms in total. The van der Waals surface area contributed by atoms with Crippen LogP contribution in [0.15, 0.2) is 35.2 Å². The predicted molar refractivity (Wildman–Crippen MR) is 107 cm³/mol. The number of halogens is 1. The van der Waals surface area contributed by atoms with Crippen LogP contribution in [0.1, 0.15) is 28.3 Å². The molecular formula is C20H25ClN4O2. The number of nitrogens with one attached hydrogen (secondary N) is 1. The van der Waals surface area contributed by atoms with E-state index < -0.39 is 0 Å². The maximum atomic E-state index is 13.1. The van der Waals surface area contributed by atoms with Crippen LogP contribution in [0, 0.1) is 13.8 Å². The number of hydrogen-bond donors (Lipinski definition) is 1. The summed E-state index contributed by atoms with van der Waals surface area (Å²) < 4.78 is 7.55. The lowest BCUT2D eigenvalue weighted by Gasteiger charge is -2.35. The number of piperazine rings is 1. The second-order valence-corrected chi connectivity index (χ2v) is 7.08. The number of carbonyl (C=O) groups is 1. The van der Waals surface area contributed by atoms with Crippen LogP contribution in [0.25, 0.3) is 11.0 Å². The monoisotopic (exact) mass is 388 g/mol. The number of aryl methyl sites for hydroxylation is 3. The third-order valence-corrected chi connectivity index (χ3v) is 5.36. The van der Waals surface area contributed by atoms with Gasteiger partial charge in [-0.2, -0.15) is 5.10 Å². The molecule has 27 heavy (non-hydrogen) atoms. The van der Waals surface area contributed by atoms with Gasteiger partial charge in [-0.25, -0.2) is 0 Å². The molecule has 0 aliphatic carbocycles. The highest BCUT2D eigenvalue weighted by atomic mass is 35.5. The van der Waals surface area contributed by atoms with Gasteiger partial charge in [-0.15, -0.1) is 12.4 Å². The van der Waals surface area contributed by atoms with Gasteiger partial charge in [-0.05, 0) is 25.0 Å². The minimum Gasteiger partial charge on any atom is -0.464 e. The molecule has 0 spiro atoms. The molecule has 1 aliphatic rings. The average Bonchev–Trinajstić information content (AvgIpc) is 3.25. The highest BCUT2D eigenvalue weighted by Gasteiger charge is 2.29. The Balaban J connectivity index is 0.00000210. The van der Waals surface area contributed by atoms with Gasteiger partial charge in [0, 0.05) is 49.4 Å². The zero-order valence-electron chi connectivity index (χ0n) is 15.9. The number of benzene rings is 1. The maximum absolute atomic E-state index is 13.1. The molecule has 0 bridgehead atoms. The average molecular weight is 389 g/mol. The van der Waals surface area contributed by atoms with Gasteiger partial charge in [-0.1, -0.05) is 12.1 Å². The minimum atomic E-state index is 0. The van der Waals surface area contributed by atoms with Crippen LogP contribution in [0.5, 0.6) is 0 Å². The van der Waals surface area contributed by atoms with Gasteiger partial charge in [0.2, 0.25) is 5.91 Å². The van der Waals surface area contributed by atoms with E-state index in [-0.39, 0.29) is 24.4 Å². The summed E-state index contributed by atoms with van der Waals surface area (Å²) >= 11 is 0. The molecule has 144 valence electrons. The van der Waals surface area contributed by atoms with Crippen molar-refractivity contribution in [2.75, 3.05) is 19.6 Å². The first kappa shape index (κ1) is 19.5. The molecule has 7 heteroatoms. The Morgan fingerprint density at radius 3 is 2.93 bits per heavy atom. The second kappa shape index (κ2) is 7.74. The highest BCUT2D eigenvalue weighted by Crippen LogP contribution is 2.28. The predicted octanol–water partition coefficient (Wildman–Crippen LogP) is 2.92. The number of fused-ring (bicyclic) bond motifs is 1. The molecule has 3 aromatic rings. The van der Waals surface area contributed by atoms with Crippen LogP contribution in [-0.2, 0) is 18.3 Å². The van der Waals surface area contributed by atoms with Crippen molar-refractivity contribution < 1.29 is 9.21 Å². The van der Waals surface area contributed by atoms with Crippen LogP contribution in [-0.4, -0.2) is 40.2 Å². The fourth-order valence-electron chi connectivity index (χ4n) is 3.70. The van der Waals surface area contributed by atoms with E-state index in [0.29, 0.717) is 13.0 Å². The van der Waals surface area contributed by atoms with Gasteiger partial charge in [-0.3, -0.25) is 9.48 Å². The first-order valence-corrected chi connectivity index (χ1v) is 8.99. The van der Waals surface area contributed by atoms with Gasteiger partial charge in [0.25, 0.3) is 0 Å². The van der Waals surface area contributed by atoms with E-state index in [1.54, 1.807) is 10.9 Å². The molecule has 1 amide bonds. The van der Waals surface area contributed by atoms with Gasteiger partial charge < -0.3 is 14.6 Å². The van der Waals surface area contributed by atoms with Crippen LogP contribution in [0.3, 0.4) is 0 Å². The minimum absolute atomic E-state index is 0. The number of hydrogen-bond acceptors (Lipinski definition) is 4. The van der Waals surface area contributed by atoms with E-state index >= 15 is 0 Å². The molecule has 0 saturated carbocycles. The van der Waals surface area contributed by atoms with E-state index in [0.717, 1.165) is 40.7 Å². The molecule has 1 N–H and O–H groups in total. The fourth-order valence-corrected chi connectivity index (χ4v) is 3.70. The van der Waals surface area contributed by atoms with E-state index in [9.17, 15) is 4.79 Å². The SMILES string of the molecule is Cc1ccc2c(CC(=O)N3CCNCC3c3cnn(C)c3)coc2c1C.Cl. The van der Waals surface area contributed by atoms with Crippen LogP contribution in [0.4, 0.5) is 0 Å². The Morgan fingerprint density at radius 2 is 2.19 bits per heavy atom. The summed E-state index contributed by atoms with van der Waals surface area (Å²) in [5, 5.41) is 8.67. The van der Waals surface area contributed by atoms with E-state index in [4.69, 9.17) is 4.42 Å². The number of rotatable bonds is 3. The van der Waals surface area contributed by atoms with Gasteiger partial charge in [0.1, 0.15) is 5.58 Å². The largest absolute Gasteiger partial charge is 0.464 e. The van der Waals surface area contributed by atoms with Crippen molar-refractivity contribution >= 4 is 29.3 Å². The van der Waals surface area contributed by atoms with Crippen LogP contribution in [0.2, 0.25) is 0 Å². The highest BCUT2D eigenvalue weighted by molar-refractivity contribution is 5.89. The molecule has 1 saturated heterocycles. The third kappa shape index (κ3) is 3.59. The molecule has 3 heterocycles. The van der Waals surface area contributed by atoms with Crippen molar-refractivity contribution in [1.82, 2.24) is 20.0 Å². The van der Waals surface area contributed by atoms with E-state index in [1.807, 2.05) is 24.3 Å². The Hall–Kier alpha value is -2.31. The van der Waals surface area contributed by atoms with Crippen molar-refractivity contribution in [3.05, 3.63) is 53.0 Å². The van der Waals surface area contributed by atoms with Crippen molar-refractivity contribution in [3.63, 3.8) is 0 Å². The molecule has 1 unspecified atom stereocenters. The standard InChI is InChI=1S/C20H24N4O2.ClH/c1-13-4-5-17-15(12-26-20(17)14(13)2)8-19(25)24-7-6-21-10-18(24)16-9-22-23(3)11-16;/h4-5,9,11-12,18,21H,6-8,10H2,1-3H3;1H. The van der Waals surface area contributed by atoms with E-state index in [2.05, 4.69) is 36.4 Å². The number of amides is 1. The number of nitrogens with zero attached hydrogens (tertiary/aromatic N) is 3.